The van der Waals surface area contributed by atoms with E-state index >= 15 is 0 Å². The fourth-order valence-electron chi connectivity index (χ4n) is 4.24. The van der Waals surface area contributed by atoms with Crippen LogP contribution in [0.2, 0.25) is 5.02 Å². The first-order chi connectivity index (χ1) is 15.6. The molecule has 3 heterocycles. The summed E-state index contributed by atoms with van der Waals surface area (Å²) in [5, 5.41) is 5.01. The lowest BCUT2D eigenvalue weighted by atomic mass is 10.1. The molecule has 2 amide bonds. The highest BCUT2D eigenvalue weighted by Crippen LogP contribution is 2.28. The molecule has 0 radical (unpaired) electrons. The zero-order valence-electron chi connectivity index (χ0n) is 17.5. The van der Waals surface area contributed by atoms with Crippen molar-refractivity contribution < 1.29 is 14.3 Å². The number of morpholine rings is 1. The van der Waals surface area contributed by atoms with E-state index in [2.05, 4.69) is 15.2 Å². The third-order valence-corrected chi connectivity index (χ3v) is 6.14. The molecule has 32 heavy (non-hydrogen) atoms. The molecule has 2 aliphatic rings. The number of nitrogens with zero attached hydrogens (tertiary/aromatic N) is 3. The van der Waals surface area contributed by atoms with Crippen molar-refractivity contribution in [2.75, 3.05) is 49.6 Å². The highest BCUT2D eigenvalue weighted by atomic mass is 35.5. The van der Waals surface area contributed by atoms with Gasteiger partial charge in [-0.3, -0.25) is 19.5 Å². The number of carbonyl (C=O) groups is 2. The Hall–Kier alpha value is -3.16. The van der Waals surface area contributed by atoms with Crippen molar-refractivity contribution >= 4 is 45.7 Å². The number of amides is 2. The van der Waals surface area contributed by atoms with Crippen molar-refractivity contribution in [3.63, 3.8) is 0 Å². The van der Waals surface area contributed by atoms with Crippen LogP contribution >= 0.6 is 11.6 Å². The summed E-state index contributed by atoms with van der Waals surface area (Å²) in [6, 6.07) is 13.0. The van der Waals surface area contributed by atoms with Gasteiger partial charge in [0.2, 0.25) is 0 Å². The van der Waals surface area contributed by atoms with Gasteiger partial charge in [0, 0.05) is 54.2 Å². The Balaban J connectivity index is 1.22. The van der Waals surface area contributed by atoms with Crippen LogP contribution in [0.5, 0.6) is 0 Å². The maximum atomic E-state index is 12.9. The number of hydrogen-bond donors (Lipinski definition) is 1. The molecule has 0 atom stereocenters. The molecule has 0 unspecified atom stereocenters. The second-order valence-electron chi connectivity index (χ2n) is 7.89. The lowest BCUT2D eigenvalue weighted by Gasteiger charge is -2.29. The Bertz CT molecular complexity index is 1190. The molecule has 1 aromatic heterocycles. The summed E-state index contributed by atoms with van der Waals surface area (Å²) in [6.45, 7) is 3.89. The molecule has 0 saturated carbocycles. The van der Waals surface area contributed by atoms with Gasteiger partial charge in [-0.15, -0.1) is 0 Å². The molecule has 7 nitrogen and oxygen atoms in total. The third-order valence-electron chi connectivity index (χ3n) is 5.91. The van der Waals surface area contributed by atoms with Gasteiger partial charge in [-0.1, -0.05) is 11.6 Å². The number of carbonyl (C=O) groups excluding carboxylic acids is 2. The van der Waals surface area contributed by atoms with Gasteiger partial charge in [0.25, 0.3) is 11.8 Å². The average molecular weight is 451 g/mol. The van der Waals surface area contributed by atoms with Crippen LogP contribution in [-0.4, -0.2) is 61.1 Å². The average Bonchev–Trinajstić information content (AvgIpc) is 3.06. The van der Waals surface area contributed by atoms with Crippen molar-refractivity contribution in [1.82, 2.24) is 9.88 Å². The minimum Gasteiger partial charge on any atom is -0.384 e. The van der Waals surface area contributed by atoms with E-state index < -0.39 is 0 Å². The second kappa shape index (κ2) is 8.76. The van der Waals surface area contributed by atoms with E-state index in [4.69, 9.17) is 16.3 Å². The molecule has 0 spiro atoms. The van der Waals surface area contributed by atoms with Crippen LogP contribution in [0.25, 0.3) is 10.9 Å². The maximum absolute atomic E-state index is 12.9. The first kappa shape index (κ1) is 20.7. The number of benzene rings is 2. The van der Waals surface area contributed by atoms with Gasteiger partial charge >= 0.3 is 0 Å². The Morgan fingerprint density at radius 3 is 2.66 bits per heavy atom. The fraction of sp³-hybridized carbons (Fsp3) is 0.292. The van der Waals surface area contributed by atoms with E-state index in [0.717, 1.165) is 35.4 Å². The van der Waals surface area contributed by atoms with Crippen molar-refractivity contribution in [2.24, 2.45) is 0 Å². The largest absolute Gasteiger partial charge is 0.384 e. The zero-order chi connectivity index (χ0) is 22.1. The molecule has 5 rings (SSSR count). The lowest BCUT2D eigenvalue weighted by Crippen LogP contribution is -2.36. The number of anilines is 2. The second-order valence-corrected chi connectivity index (χ2v) is 8.33. The summed E-state index contributed by atoms with van der Waals surface area (Å²) in [7, 11) is 0. The molecule has 164 valence electrons. The molecular formula is C24H23ClN4O3. The van der Waals surface area contributed by atoms with E-state index in [-0.39, 0.29) is 11.8 Å². The van der Waals surface area contributed by atoms with E-state index in [1.165, 1.54) is 4.90 Å². The SMILES string of the molecule is O=C1c2ccc(N3CCOCC3)cc2C(=O)N1CCCNc1ccnc2cc(Cl)ccc12. The van der Waals surface area contributed by atoms with E-state index in [1.54, 1.807) is 12.3 Å². The first-order valence-corrected chi connectivity index (χ1v) is 11.1. The molecule has 0 bridgehead atoms. The van der Waals surface area contributed by atoms with Crippen LogP contribution in [0.1, 0.15) is 27.1 Å². The zero-order valence-corrected chi connectivity index (χ0v) is 18.3. The number of imide groups is 1. The molecule has 1 saturated heterocycles. The summed E-state index contributed by atoms with van der Waals surface area (Å²) in [6.07, 6.45) is 2.37. The molecule has 2 aliphatic heterocycles. The van der Waals surface area contributed by atoms with Crippen LogP contribution in [0, 0.1) is 0 Å². The van der Waals surface area contributed by atoms with Crippen molar-refractivity contribution in [1.29, 1.82) is 0 Å². The fourth-order valence-corrected chi connectivity index (χ4v) is 4.40. The number of halogens is 1. The van der Waals surface area contributed by atoms with Gasteiger partial charge in [-0.25, -0.2) is 0 Å². The van der Waals surface area contributed by atoms with Gasteiger partial charge in [0.05, 0.1) is 29.9 Å². The number of fused-ring (bicyclic) bond motifs is 2. The van der Waals surface area contributed by atoms with E-state index in [1.807, 2.05) is 36.4 Å². The van der Waals surface area contributed by atoms with Crippen molar-refractivity contribution in [2.45, 2.75) is 6.42 Å². The summed E-state index contributed by atoms with van der Waals surface area (Å²) in [5.74, 6) is -0.438. The molecular weight excluding hydrogens is 428 g/mol. The molecule has 3 aromatic rings. The topological polar surface area (TPSA) is 74.8 Å². The predicted molar refractivity (Wildman–Crippen MR) is 125 cm³/mol. The number of nitrogens with one attached hydrogen (secondary N) is 1. The molecule has 1 fully saturated rings. The summed E-state index contributed by atoms with van der Waals surface area (Å²) in [4.78, 5) is 33.6. The van der Waals surface area contributed by atoms with Crippen LogP contribution < -0.4 is 10.2 Å². The minimum absolute atomic E-state index is 0.218. The Morgan fingerprint density at radius 2 is 1.81 bits per heavy atom. The minimum atomic E-state index is -0.220. The molecule has 8 heteroatoms. The van der Waals surface area contributed by atoms with E-state index in [9.17, 15) is 9.59 Å². The summed E-state index contributed by atoms with van der Waals surface area (Å²) < 4.78 is 5.40. The Morgan fingerprint density at radius 1 is 1.00 bits per heavy atom. The van der Waals surface area contributed by atoms with Crippen LogP contribution in [0.3, 0.4) is 0 Å². The van der Waals surface area contributed by atoms with Gasteiger partial charge in [0.1, 0.15) is 0 Å². The molecule has 2 aromatic carbocycles. The number of pyridine rings is 1. The Kier molecular flexibility index (Phi) is 5.68. The normalized spacial score (nSPS) is 16.0. The highest BCUT2D eigenvalue weighted by molar-refractivity contribution is 6.31. The monoisotopic (exact) mass is 450 g/mol. The lowest BCUT2D eigenvalue weighted by molar-refractivity contribution is 0.0654. The maximum Gasteiger partial charge on any atom is 0.261 e. The number of aromatic nitrogens is 1. The van der Waals surface area contributed by atoms with Gasteiger partial charge in [0.15, 0.2) is 0 Å². The third kappa shape index (κ3) is 3.89. The Labute approximate surface area is 190 Å². The predicted octanol–water partition coefficient (Wildman–Crippen LogP) is 3.82. The first-order valence-electron chi connectivity index (χ1n) is 10.7. The van der Waals surface area contributed by atoms with Crippen molar-refractivity contribution in [3.8, 4) is 0 Å². The summed E-state index contributed by atoms with van der Waals surface area (Å²) >= 11 is 6.05. The highest BCUT2D eigenvalue weighted by Gasteiger charge is 2.35. The number of hydrogen-bond acceptors (Lipinski definition) is 6. The quantitative estimate of drug-likeness (QED) is 0.454. The summed E-state index contributed by atoms with van der Waals surface area (Å²) in [5.41, 5.74) is 3.70. The van der Waals surface area contributed by atoms with Crippen molar-refractivity contribution in [3.05, 3.63) is 64.8 Å². The number of rotatable bonds is 6. The van der Waals surface area contributed by atoms with E-state index in [0.29, 0.717) is 48.9 Å². The number of ether oxygens (including phenoxy) is 1. The smallest absolute Gasteiger partial charge is 0.261 e. The molecule has 1 N–H and O–H groups in total. The van der Waals surface area contributed by atoms with Gasteiger partial charge < -0.3 is 15.0 Å². The standard InChI is InChI=1S/C24H23ClN4O3/c25-16-2-4-19-21(6-8-27-22(19)14-16)26-7-1-9-29-23(30)18-5-3-17(15-20(18)24(29)31)28-10-12-32-13-11-28/h2-6,8,14-15H,1,7,9-13H2,(H,26,27). The van der Waals surface area contributed by atoms with Gasteiger partial charge in [-0.2, -0.15) is 0 Å². The van der Waals surface area contributed by atoms with Crippen LogP contribution in [-0.2, 0) is 4.74 Å². The van der Waals surface area contributed by atoms with Gasteiger partial charge in [-0.05, 0) is 48.9 Å². The van der Waals surface area contributed by atoms with Crippen LogP contribution in [0.15, 0.2) is 48.7 Å². The molecule has 0 aliphatic carbocycles. The van der Waals surface area contributed by atoms with Crippen LogP contribution in [0.4, 0.5) is 11.4 Å².